The lowest BCUT2D eigenvalue weighted by atomic mass is 10.0. The molecule has 14 heteroatoms. The monoisotopic (exact) mass is 652 g/mol. The number of methoxy groups -OCH3 is 2. The molecular weight excluding hydrogens is 608 g/mol. The van der Waals surface area contributed by atoms with E-state index < -0.39 is 30.3 Å². The van der Waals surface area contributed by atoms with Gasteiger partial charge in [0.05, 0.1) is 20.3 Å². The summed E-state index contributed by atoms with van der Waals surface area (Å²) in [5, 5.41) is 10.8. The van der Waals surface area contributed by atoms with E-state index in [1.165, 1.54) is 24.0 Å². The minimum Gasteiger partial charge on any atom is -0.453 e. The lowest BCUT2D eigenvalue weighted by Gasteiger charge is -2.27. The lowest BCUT2D eigenvalue weighted by Crippen LogP contribution is -2.51. The van der Waals surface area contributed by atoms with Crippen molar-refractivity contribution in [3.63, 3.8) is 0 Å². The second-order valence-corrected chi connectivity index (χ2v) is 11.2. The molecule has 14 nitrogen and oxygen atoms in total. The van der Waals surface area contributed by atoms with E-state index in [-0.39, 0.29) is 23.8 Å². The number of alkyl carbamates (subject to hydrolysis) is 2. The number of hydrogen-bond donors (Lipinski definition) is 4. The van der Waals surface area contributed by atoms with E-state index >= 15 is 0 Å². The molecule has 0 bridgehead atoms. The summed E-state index contributed by atoms with van der Waals surface area (Å²) < 4.78 is 8.93. The SMILES string of the molecule is CNc1ccc(-c2ccc(NC(=O)C3CCCN3C(=O)C(C)NC(=O)OC)cc2)cc1.COC(=O)NC(C)C(=O)N1CCCC1C=O. The summed E-state index contributed by atoms with van der Waals surface area (Å²) in [6, 6.07) is 13.3. The first kappa shape index (κ1) is 36.3. The number of nitrogens with zero attached hydrogens (tertiary/aromatic N) is 2. The molecule has 4 N–H and O–H groups in total. The number of ether oxygens (including phenoxy) is 2. The summed E-state index contributed by atoms with van der Waals surface area (Å²) in [5.41, 5.74) is 3.83. The van der Waals surface area contributed by atoms with Gasteiger partial charge in [0.25, 0.3) is 0 Å². The van der Waals surface area contributed by atoms with Crippen LogP contribution in [0.25, 0.3) is 11.1 Å². The molecular formula is C33H44N6O8. The molecule has 2 aromatic rings. The number of carbonyl (C=O) groups excluding carboxylic acids is 6. The van der Waals surface area contributed by atoms with Crippen molar-refractivity contribution in [3.8, 4) is 11.1 Å². The van der Waals surface area contributed by atoms with Gasteiger partial charge in [-0.2, -0.15) is 0 Å². The Labute approximate surface area is 274 Å². The van der Waals surface area contributed by atoms with Gasteiger partial charge in [-0.1, -0.05) is 24.3 Å². The van der Waals surface area contributed by atoms with Gasteiger partial charge in [0.2, 0.25) is 17.7 Å². The molecule has 2 saturated heterocycles. The van der Waals surface area contributed by atoms with Gasteiger partial charge < -0.3 is 45.3 Å². The van der Waals surface area contributed by atoms with Crippen molar-refractivity contribution in [2.75, 3.05) is 45.0 Å². The Hall–Kier alpha value is -5.14. The van der Waals surface area contributed by atoms with E-state index in [2.05, 4.69) is 30.7 Å². The van der Waals surface area contributed by atoms with Crippen LogP contribution in [0.2, 0.25) is 0 Å². The predicted molar refractivity (Wildman–Crippen MR) is 176 cm³/mol. The largest absolute Gasteiger partial charge is 0.453 e. The first-order chi connectivity index (χ1) is 22.5. The number of nitrogens with one attached hydrogen (secondary N) is 4. The van der Waals surface area contributed by atoms with Crippen LogP contribution in [0.3, 0.4) is 0 Å². The molecule has 2 fully saturated rings. The standard InChI is InChI=1S/C23H28N4O4.C10H16N2O4/c1-15(25-23(30)31-3)22(29)27-14-4-5-20(27)21(28)26-19-12-8-17(9-13-19)16-6-10-18(24-2)11-7-16;1-7(11-10(15)16-2)9(14)12-5-3-4-8(12)6-13/h6-13,15,20,24H,4-5,14H2,1-3H3,(H,25,30)(H,26,28);6-8H,3-5H2,1-2H3,(H,11,15). The Bertz CT molecular complexity index is 1400. The van der Waals surface area contributed by atoms with E-state index in [0.29, 0.717) is 31.6 Å². The van der Waals surface area contributed by atoms with Crippen LogP contribution < -0.4 is 21.3 Å². The summed E-state index contributed by atoms with van der Waals surface area (Å²) in [7, 11) is 4.35. The Kier molecular flexibility index (Phi) is 13.5. The third-order valence-corrected chi connectivity index (χ3v) is 8.02. The lowest BCUT2D eigenvalue weighted by molar-refractivity contribution is -0.138. The average Bonchev–Trinajstić information content (AvgIpc) is 3.78. The van der Waals surface area contributed by atoms with Crippen LogP contribution in [0.15, 0.2) is 48.5 Å². The Morgan fingerprint density at radius 2 is 1.21 bits per heavy atom. The van der Waals surface area contributed by atoms with Crippen molar-refractivity contribution in [1.82, 2.24) is 20.4 Å². The summed E-state index contributed by atoms with van der Waals surface area (Å²) in [6.07, 6.45) is 2.27. The van der Waals surface area contributed by atoms with E-state index in [0.717, 1.165) is 35.9 Å². The van der Waals surface area contributed by atoms with Crippen LogP contribution in [0.4, 0.5) is 21.0 Å². The number of likely N-dealkylation sites (tertiary alicyclic amines) is 2. The van der Waals surface area contributed by atoms with Crippen molar-refractivity contribution >= 4 is 47.6 Å². The van der Waals surface area contributed by atoms with E-state index in [9.17, 15) is 28.8 Å². The summed E-state index contributed by atoms with van der Waals surface area (Å²) >= 11 is 0. The van der Waals surface area contributed by atoms with Gasteiger partial charge in [-0.05, 0) is 74.9 Å². The summed E-state index contributed by atoms with van der Waals surface area (Å²) in [6.45, 7) is 4.19. The zero-order valence-corrected chi connectivity index (χ0v) is 27.4. The van der Waals surface area contributed by atoms with Crippen molar-refractivity contribution in [1.29, 1.82) is 0 Å². The molecule has 4 unspecified atom stereocenters. The molecule has 5 amide bonds. The summed E-state index contributed by atoms with van der Waals surface area (Å²) in [5.74, 6) is -0.786. The third kappa shape index (κ3) is 9.92. The van der Waals surface area contributed by atoms with Gasteiger partial charge in [0.1, 0.15) is 24.4 Å². The second-order valence-electron chi connectivity index (χ2n) is 11.2. The maximum absolute atomic E-state index is 12.8. The minimum atomic E-state index is -0.769. The first-order valence-corrected chi connectivity index (χ1v) is 15.5. The molecule has 254 valence electrons. The fourth-order valence-corrected chi connectivity index (χ4v) is 5.40. The molecule has 2 heterocycles. The molecule has 4 rings (SSSR count). The van der Waals surface area contributed by atoms with Crippen LogP contribution in [-0.4, -0.2) is 105 Å². The van der Waals surface area contributed by atoms with Gasteiger partial charge in [-0.3, -0.25) is 14.4 Å². The fraction of sp³-hybridized carbons (Fsp3) is 0.455. The minimum absolute atomic E-state index is 0.234. The van der Waals surface area contributed by atoms with Crippen molar-refractivity contribution < 1.29 is 38.2 Å². The number of rotatable bonds is 9. The van der Waals surface area contributed by atoms with Gasteiger partial charge >= 0.3 is 12.2 Å². The van der Waals surface area contributed by atoms with Crippen LogP contribution in [0.5, 0.6) is 0 Å². The van der Waals surface area contributed by atoms with Crippen LogP contribution in [0.1, 0.15) is 39.5 Å². The van der Waals surface area contributed by atoms with Crippen LogP contribution in [0, 0.1) is 0 Å². The smallest absolute Gasteiger partial charge is 0.407 e. The number of hydrogen-bond acceptors (Lipinski definition) is 9. The molecule has 0 aliphatic carbocycles. The van der Waals surface area contributed by atoms with E-state index in [4.69, 9.17) is 0 Å². The third-order valence-electron chi connectivity index (χ3n) is 8.02. The Morgan fingerprint density at radius 3 is 1.70 bits per heavy atom. The number of aldehydes is 1. The average molecular weight is 653 g/mol. The fourth-order valence-electron chi connectivity index (χ4n) is 5.40. The maximum Gasteiger partial charge on any atom is 0.407 e. The van der Waals surface area contributed by atoms with Crippen molar-refractivity contribution in [3.05, 3.63) is 48.5 Å². The normalized spacial score (nSPS) is 18.1. The zero-order chi connectivity index (χ0) is 34.5. The highest BCUT2D eigenvalue weighted by molar-refractivity contribution is 5.98. The molecule has 2 aliphatic heterocycles. The highest BCUT2D eigenvalue weighted by atomic mass is 16.5. The van der Waals surface area contributed by atoms with Gasteiger partial charge in [0.15, 0.2) is 0 Å². The van der Waals surface area contributed by atoms with Gasteiger partial charge in [0, 0.05) is 31.5 Å². The van der Waals surface area contributed by atoms with Crippen molar-refractivity contribution in [2.45, 2.75) is 63.7 Å². The highest BCUT2D eigenvalue weighted by Crippen LogP contribution is 2.25. The Morgan fingerprint density at radius 1 is 0.745 bits per heavy atom. The maximum atomic E-state index is 12.8. The number of anilines is 2. The number of amides is 5. The predicted octanol–water partition coefficient (Wildman–Crippen LogP) is 2.99. The Balaban J connectivity index is 0.000000316. The van der Waals surface area contributed by atoms with Gasteiger partial charge in [-0.25, -0.2) is 9.59 Å². The molecule has 0 aromatic heterocycles. The molecule has 2 aliphatic rings. The molecule has 0 spiro atoms. The zero-order valence-electron chi connectivity index (χ0n) is 27.4. The quantitative estimate of drug-likeness (QED) is 0.297. The highest BCUT2D eigenvalue weighted by Gasteiger charge is 2.36. The summed E-state index contributed by atoms with van der Waals surface area (Å²) in [4.78, 5) is 73.4. The molecule has 47 heavy (non-hydrogen) atoms. The first-order valence-electron chi connectivity index (χ1n) is 15.5. The van der Waals surface area contributed by atoms with Gasteiger partial charge in [-0.15, -0.1) is 0 Å². The van der Waals surface area contributed by atoms with E-state index in [1.54, 1.807) is 13.8 Å². The number of benzene rings is 2. The molecule has 2 aromatic carbocycles. The van der Waals surface area contributed by atoms with Crippen LogP contribution in [-0.2, 0) is 28.7 Å². The topological polar surface area (TPSA) is 175 Å². The van der Waals surface area contributed by atoms with Crippen LogP contribution >= 0.6 is 0 Å². The molecule has 0 saturated carbocycles. The molecule has 4 atom stereocenters. The van der Waals surface area contributed by atoms with Crippen molar-refractivity contribution in [2.24, 2.45) is 0 Å². The van der Waals surface area contributed by atoms with E-state index in [1.807, 2.05) is 55.6 Å². The number of carbonyl (C=O) groups is 6. The second kappa shape index (κ2) is 17.5. The molecule has 0 radical (unpaired) electrons.